The SMILES string of the molecule is CS(=O)(=O)NC[C@H](c1cccs1)N1CCc2ccccc21. The lowest BCUT2D eigenvalue weighted by molar-refractivity contribution is 0.570. The van der Waals surface area contributed by atoms with E-state index in [0.717, 1.165) is 13.0 Å². The van der Waals surface area contributed by atoms with Crippen LogP contribution in [0.5, 0.6) is 0 Å². The minimum absolute atomic E-state index is 0.0448. The van der Waals surface area contributed by atoms with Gasteiger partial charge in [-0.2, -0.15) is 0 Å². The zero-order valence-electron chi connectivity index (χ0n) is 11.8. The highest BCUT2D eigenvalue weighted by atomic mass is 32.2. The summed E-state index contributed by atoms with van der Waals surface area (Å²) in [4.78, 5) is 3.49. The van der Waals surface area contributed by atoms with Crippen molar-refractivity contribution in [1.82, 2.24) is 4.72 Å². The summed E-state index contributed by atoms with van der Waals surface area (Å²) in [7, 11) is -3.19. The fraction of sp³-hybridized carbons (Fsp3) is 0.333. The molecule has 0 unspecified atom stereocenters. The minimum atomic E-state index is -3.19. The van der Waals surface area contributed by atoms with Gasteiger partial charge < -0.3 is 4.90 Å². The van der Waals surface area contributed by atoms with E-state index in [1.807, 2.05) is 17.5 Å². The van der Waals surface area contributed by atoms with Crippen molar-refractivity contribution in [2.24, 2.45) is 0 Å². The van der Waals surface area contributed by atoms with E-state index in [2.05, 4.69) is 33.9 Å². The smallest absolute Gasteiger partial charge is 0.208 e. The van der Waals surface area contributed by atoms with E-state index in [9.17, 15) is 8.42 Å². The molecule has 2 aromatic rings. The van der Waals surface area contributed by atoms with Crippen LogP contribution in [-0.2, 0) is 16.4 Å². The first-order chi connectivity index (χ1) is 10.0. The molecule has 112 valence electrons. The van der Waals surface area contributed by atoms with Gasteiger partial charge in [0.25, 0.3) is 0 Å². The Morgan fingerprint density at radius 1 is 1.29 bits per heavy atom. The molecule has 0 saturated heterocycles. The maximum absolute atomic E-state index is 11.4. The normalized spacial score (nSPS) is 16.0. The zero-order valence-corrected chi connectivity index (χ0v) is 13.5. The molecule has 1 aromatic carbocycles. The van der Waals surface area contributed by atoms with Gasteiger partial charge in [0.15, 0.2) is 0 Å². The van der Waals surface area contributed by atoms with Gasteiger partial charge in [-0.25, -0.2) is 13.1 Å². The Morgan fingerprint density at radius 3 is 2.81 bits per heavy atom. The van der Waals surface area contributed by atoms with Crippen LogP contribution < -0.4 is 9.62 Å². The lowest BCUT2D eigenvalue weighted by atomic mass is 10.1. The van der Waals surface area contributed by atoms with E-state index in [4.69, 9.17) is 0 Å². The third-order valence-electron chi connectivity index (χ3n) is 3.71. The molecule has 0 saturated carbocycles. The molecule has 6 heteroatoms. The standard InChI is InChI=1S/C15H18N2O2S2/c1-21(18,19)16-11-14(15-7-4-10-20-15)17-9-8-12-5-2-3-6-13(12)17/h2-7,10,14,16H,8-9,11H2,1H3/t14-/m1/s1. The summed E-state index contributed by atoms with van der Waals surface area (Å²) in [6, 6.07) is 12.5. The molecule has 1 aliphatic heterocycles. The molecule has 3 rings (SSSR count). The number of nitrogens with one attached hydrogen (secondary N) is 1. The molecular formula is C15H18N2O2S2. The van der Waals surface area contributed by atoms with E-state index < -0.39 is 10.0 Å². The Bertz CT molecular complexity index is 711. The maximum atomic E-state index is 11.4. The number of anilines is 1. The Balaban J connectivity index is 1.90. The van der Waals surface area contributed by atoms with Gasteiger partial charge >= 0.3 is 0 Å². The van der Waals surface area contributed by atoms with Gasteiger partial charge in [0.05, 0.1) is 12.3 Å². The summed E-state index contributed by atoms with van der Waals surface area (Å²) in [5.41, 5.74) is 2.55. The second-order valence-corrected chi connectivity index (χ2v) is 8.04. The Labute approximate surface area is 129 Å². The van der Waals surface area contributed by atoms with Gasteiger partial charge in [-0.1, -0.05) is 24.3 Å². The number of sulfonamides is 1. The van der Waals surface area contributed by atoms with Crippen LogP contribution in [0.2, 0.25) is 0 Å². The van der Waals surface area contributed by atoms with Gasteiger partial charge in [-0.3, -0.25) is 0 Å². The Kier molecular flexibility index (Phi) is 4.01. The molecular weight excluding hydrogens is 304 g/mol. The summed E-state index contributed by atoms with van der Waals surface area (Å²) >= 11 is 1.67. The molecule has 0 bridgehead atoms. The minimum Gasteiger partial charge on any atom is -0.362 e. The first-order valence-electron chi connectivity index (χ1n) is 6.87. The first kappa shape index (κ1) is 14.6. The molecule has 4 nitrogen and oxygen atoms in total. The molecule has 21 heavy (non-hydrogen) atoms. The summed E-state index contributed by atoms with van der Waals surface area (Å²) in [6.45, 7) is 1.32. The van der Waals surface area contributed by atoms with Crippen molar-refractivity contribution in [3.63, 3.8) is 0 Å². The van der Waals surface area contributed by atoms with Crippen LogP contribution in [0, 0.1) is 0 Å². The molecule has 0 fully saturated rings. The molecule has 1 atom stereocenters. The van der Waals surface area contributed by atoms with Crippen LogP contribution >= 0.6 is 11.3 Å². The van der Waals surface area contributed by atoms with E-state index in [1.54, 1.807) is 11.3 Å². The quantitative estimate of drug-likeness (QED) is 0.919. The number of benzene rings is 1. The van der Waals surface area contributed by atoms with Gasteiger partial charge in [0.1, 0.15) is 0 Å². The first-order valence-corrected chi connectivity index (χ1v) is 9.64. The van der Waals surface area contributed by atoms with Crippen molar-refractivity contribution in [2.75, 3.05) is 24.2 Å². The van der Waals surface area contributed by atoms with Crippen molar-refractivity contribution < 1.29 is 8.42 Å². The average Bonchev–Trinajstić information content (AvgIpc) is 3.08. The predicted octanol–water partition coefficient (Wildman–Crippen LogP) is 2.40. The Hall–Kier alpha value is -1.37. The number of rotatable bonds is 5. The van der Waals surface area contributed by atoms with E-state index in [1.165, 1.54) is 22.4 Å². The van der Waals surface area contributed by atoms with Gasteiger partial charge in [0, 0.05) is 23.7 Å². The summed E-state index contributed by atoms with van der Waals surface area (Å²) < 4.78 is 25.5. The largest absolute Gasteiger partial charge is 0.362 e. The second-order valence-electron chi connectivity index (χ2n) is 5.22. The zero-order chi connectivity index (χ0) is 14.9. The van der Waals surface area contributed by atoms with Crippen LogP contribution in [0.3, 0.4) is 0 Å². The molecule has 1 aromatic heterocycles. The van der Waals surface area contributed by atoms with Crippen LogP contribution in [0.25, 0.3) is 0 Å². The van der Waals surface area contributed by atoms with Gasteiger partial charge in [0.2, 0.25) is 10.0 Å². The molecule has 0 spiro atoms. The fourth-order valence-corrected chi connectivity index (χ4v) is 4.06. The van der Waals surface area contributed by atoms with Crippen LogP contribution in [-0.4, -0.2) is 27.8 Å². The van der Waals surface area contributed by atoms with Gasteiger partial charge in [-0.05, 0) is 29.5 Å². The lowest BCUT2D eigenvalue weighted by Crippen LogP contribution is -2.36. The second kappa shape index (κ2) is 5.79. The number of hydrogen-bond donors (Lipinski definition) is 1. The molecule has 2 heterocycles. The van der Waals surface area contributed by atoms with E-state index >= 15 is 0 Å². The molecule has 1 aliphatic rings. The lowest BCUT2D eigenvalue weighted by Gasteiger charge is -2.29. The maximum Gasteiger partial charge on any atom is 0.208 e. The van der Waals surface area contributed by atoms with E-state index in [-0.39, 0.29) is 6.04 Å². The monoisotopic (exact) mass is 322 g/mol. The number of nitrogens with zero attached hydrogens (tertiary/aromatic N) is 1. The van der Waals surface area contributed by atoms with Crippen molar-refractivity contribution in [1.29, 1.82) is 0 Å². The van der Waals surface area contributed by atoms with Crippen LogP contribution in [0.15, 0.2) is 41.8 Å². The van der Waals surface area contributed by atoms with Gasteiger partial charge in [-0.15, -0.1) is 11.3 Å². The fourth-order valence-electron chi connectivity index (χ4n) is 2.76. The topological polar surface area (TPSA) is 49.4 Å². The molecule has 0 aliphatic carbocycles. The van der Waals surface area contributed by atoms with Crippen molar-refractivity contribution in [3.05, 3.63) is 52.2 Å². The number of hydrogen-bond acceptors (Lipinski definition) is 4. The average molecular weight is 322 g/mol. The highest BCUT2D eigenvalue weighted by Crippen LogP contribution is 2.36. The Morgan fingerprint density at radius 2 is 2.10 bits per heavy atom. The van der Waals surface area contributed by atoms with E-state index in [0.29, 0.717) is 6.54 Å². The number of fused-ring (bicyclic) bond motifs is 1. The van der Waals surface area contributed by atoms with Crippen LogP contribution in [0.1, 0.15) is 16.5 Å². The van der Waals surface area contributed by atoms with Crippen molar-refractivity contribution >= 4 is 27.0 Å². The third-order valence-corrected chi connectivity index (χ3v) is 5.37. The van der Waals surface area contributed by atoms with Crippen molar-refractivity contribution in [3.8, 4) is 0 Å². The number of thiophene rings is 1. The molecule has 0 amide bonds. The predicted molar refractivity (Wildman–Crippen MR) is 87.4 cm³/mol. The summed E-state index contributed by atoms with van der Waals surface area (Å²) in [5, 5.41) is 2.03. The highest BCUT2D eigenvalue weighted by molar-refractivity contribution is 7.88. The van der Waals surface area contributed by atoms with Crippen LogP contribution in [0.4, 0.5) is 5.69 Å². The summed E-state index contributed by atoms with van der Waals surface area (Å²) in [6.07, 6.45) is 2.22. The highest BCUT2D eigenvalue weighted by Gasteiger charge is 2.28. The third kappa shape index (κ3) is 3.28. The molecule has 0 radical (unpaired) electrons. The van der Waals surface area contributed by atoms with Crippen molar-refractivity contribution in [2.45, 2.75) is 12.5 Å². The summed E-state index contributed by atoms with van der Waals surface area (Å²) in [5.74, 6) is 0. The molecule has 1 N–H and O–H groups in total. The number of para-hydroxylation sites is 1.